The number of aliphatic hydroxyl groups is 1. The minimum absolute atomic E-state index is 0.242. The summed E-state index contributed by atoms with van der Waals surface area (Å²) < 4.78 is 0. The molecule has 13 heavy (non-hydrogen) atoms. The predicted octanol–water partition coefficient (Wildman–Crippen LogP) is 2.31. The molecule has 1 nitrogen and oxygen atoms in total. The van der Waals surface area contributed by atoms with E-state index in [2.05, 4.69) is 31.2 Å². The van der Waals surface area contributed by atoms with Gasteiger partial charge in [-0.1, -0.05) is 24.3 Å². The van der Waals surface area contributed by atoms with Gasteiger partial charge in [-0.2, -0.15) is 0 Å². The van der Waals surface area contributed by atoms with Gasteiger partial charge in [-0.3, -0.25) is 0 Å². The van der Waals surface area contributed by atoms with Gasteiger partial charge in [0, 0.05) is 6.61 Å². The second kappa shape index (κ2) is 3.15. The van der Waals surface area contributed by atoms with Gasteiger partial charge in [0.05, 0.1) is 0 Å². The third kappa shape index (κ3) is 1.75. The van der Waals surface area contributed by atoms with E-state index in [1.54, 1.807) is 0 Å². The highest BCUT2D eigenvalue weighted by Crippen LogP contribution is 2.48. The van der Waals surface area contributed by atoms with Crippen LogP contribution in [0.4, 0.5) is 0 Å². The molecule has 70 valence electrons. The molecule has 0 saturated heterocycles. The van der Waals surface area contributed by atoms with Gasteiger partial charge in [-0.05, 0) is 42.7 Å². The molecule has 1 N–H and O–H groups in total. The van der Waals surface area contributed by atoms with Gasteiger partial charge in [-0.15, -0.1) is 0 Å². The quantitative estimate of drug-likeness (QED) is 0.749. The monoisotopic (exact) mass is 176 g/mol. The molecule has 1 heteroatoms. The summed E-state index contributed by atoms with van der Waals surface area (Å²) in [5.74, 6) is 0. The summed E-state index contributed by atoms with van der Waals surface area (Å²) >= 11 is 0. The van der Waals surface area contributed by atoms with E-state index < -0.39 is 0 Å². The van der Waals surface area contributed by atoms with E-state index in [4.69, 9.17) is 0 Å². The molecule has 1 aliphatic rings. The van der Waals surface area contributed by atoms with Gasteiger partial charge >= 0.3 is 0 Å². The van der Waals surface area contributed by atoms with Crippen LogP contribution in [0, 0.1) is 12.3 Å². The standard InChI is InChI=1S/C12H16O/c1-10-4-2-3-5-11(10)8-12(9-13)6-7-12/h2-5,13H,6-9H2,1H3. The molecule has 2 rings (SSSR count). The highest BCUT2D eigenvalue weighted by atomic mass is 16.3. The number of aliphatic hydroxyl groups excluding tert-OH is 1. The fraction of sp³-hybridized carbons (Fsp3) is 0.500. The van der Waals surface area contributed by atoms with Gasteiger partial charge in [0.25, 0.3) is 0 Å². The van der Waals surface area contributed by atoms with E-state index in [1.165, 1.54) is 24.0 Å². The van der Waals surface area contributed by atoms with E-state index in [1.807, 2.05) is 0 Å². The zero-order valence-corrected chi connectivity index (χ0v) is 8.09. The molecule has 1 fully saturated rings. The minimum atomic E-state index is 0.242. The molecule has 0 aliphatic heterocycles. The van der Waals surface area contributed by atoms with Crippen molar-refractivity contribution in [3.05, 3.63) is 35.4 Å². The Kier molecular flexibility index (Phi) is 2.12. The first-order chi connectivity index (χ1) is 6.26. The molecule has 1 aromatic carbocycles. The first-order valence-corrected chi connectivity index (χ1v) is 4.91. The Balaban J connectivity index is 2.14. The zero-order valence-electron chi connectivity index (χ0n) is 8.09. The van der Waals surface area contributed by atoms with Crippen molar-refractivity contribution in [3.63, 3.8) is 0 Å². The third-order valence-electron chi connectivity index (χ3n) is 3.12. The second-order valence-electron chi connectivity index (χ2n) is 4.26. The van der Waals surface area contributed by atoms with E-state index in [9.17, 15) is 5.11 Å². The molecule has 0 radical (unpaired) electrons. The number of aryl methyl sites for hydroxylation is 1. The van der Waals surface area contributed by atoms with Gasteiger partial charge in [-0.25, -0.2) is 0 Å². The van der Waals surface area contributed by atoms with Gasteiger partial charge in [0.1, 0.15) is 0 Å². The van der Waals surface area contributed by atoms with Crippen LogP contribution in [0.1, 0.15) is 24.0 Å². The lowest BCUT2D eigenvalue weighted by Crippen LogP contribution is -2.10. The summed E-state index contributed by atoms with van der Waals surface area (Å²) in [7, 11) is 0. The second-order valence-corrected chi connectivity index (χ2v) is 4.26. The maximum atomic E-state index is 9.21. The molecule has 0 heterocycles. The molecular formula is C12H16O. The average Bonchev–Trinajstić information content (AvgIpc) is 2.90. The number of benzene rings is 1. The Morgan fingerprint density at radius 1 is 1.31 bits per heavy atom. The van der Waals surface area contributed by atoms with Crippen molar-refractivity contribution in [2.24, 2.45) is 5.41 Å². The molecule has 1 aromatic rings. The van der Waals surface area contributed by atoms with Crippen molar-refractivity contribution in [1.82, 2.24) is 0 Å². The van der Waals surface area contributed by atoms with Crippen molar-refractivity contribution >= 4 is 0 Å². The van der Waals surface area contributed by atoms with Crippen LogP contribution in [0.25, 0.3) is 0 Å². The number of rotatable bonds is 3. The van der Waals surface area contributed by atoms with Crippen molar-refractivity contribution in [2.45, 2.75) is 26.2 Å². The van der Waals surface area contributed by atoms with Crippen molar-refractivity contribution in [1.29, 1.82) is 0 Å². The van der Waals surface area contributed by atoms with Crippen LogP contribution in [-0.2, 0) is 6.42 Å². The smallest absolute Gasteiger partial charge is 0.0490 e. The normalized spacial score (nSPS) is 18.6. The molecule has 0 atom stereocenters. The predicted molar refractivity (Wildman–Crippen MR) is 53.6 cm³/mol. The van der Waals surface area contributed by atoms with E-state index >= 15 is 0 Å². The van der Waals surface area contributed by atoms with Crippen molar-refractivity contribution in [3.8, 4) is 0 Å². The topological polar surface area (TPSA) is 20.2 Å². The van der Waals surface area contributed by atoms with Crippen LogP contribution in [0.2, 0.25) is 0 Å². The molecule has 1 aliphatic carbocycles. The fourth-order valence-corrected chi connectivity index (χ4v) is 1.78. The van der Waals surface area contributed by atoms with Gasteiger partial charge in [0.15, 0.2) is 0 Å². The molecule has 0 spiro atoms. The lowest BCUT2D eigenvalue weighted by atomic mass is 9.94. The SMILES string of the molecule is Cc1ccccc1CC1(CO)CC1. The number of hydrogen-bond donors (Lipinski definition) is 1. The summed E-state index contributed by atoms with van der Waals surface area (Å²) in [6.45, 7) is 2.49. The largest absolute Gasteiger partial charge is 0.396 e. The maximum absolute atomic E-state index is 9.21. The maximum Gasteiger partial charge on any atom is 0.0490 e. The molecule has 0 aromatic heterocycles. The summed E-state index contributed by atoms with van der Waals surface area (Å²) in [5, 5.41) is 9.21. The Morgan fingerprint density at radius 2 is 2.00 bits per heavy atom. The Hall–Kier alpha value is -0.820. The van der Waals surface area contributed by atoms with Crippen LogP contribution < -0.4 is 0 Å². The summed E-state index contributed by atoms with van der Waals surface area (Å²) in [6.07, 6.45) is 3.44. The van der Waals surface area contributed by atoms with Crippen LogP contribution in [0.5, 0.6) is 0 Å². The molecule has 0 unspecified atom stereocenters. The van der Waals surface area contributed by atoms with E-state index in [0.29, 0.717) is 6.61 Å². The number of hydrogen-bond acceptors (Lipinski definition) is 1. The summed E-state index contributed by atoms with van der Waals surface area (Å²) in [6, 6.07) is 8.46. The highest BCUT2D eigenvalue weighted by Gasteiger charge is 2.41. The minimum Gasteiger partial charge on any atom is -0.396 e. The van der Waals surface area contributed by atoms with Crippen molar-refractivity contribution in [2.75, 3.05) is 6.61 Å². The lowest BCUT2D eigenvalue weighted by Gasteiger charge is -2.12. The van der Waals surface area contributed by atoms with Gasteiger partial charge in [0.2, 0.25) is 0 Å². The lowest BCUT2D eigenvalue weighted by molar-refractivity contribution is 0.211. The van der Waals surface area contributed by atoms with Crippen LogP contribution in [0.3, 0.4) is 0 Å². The summed E-state index contributed by atoms with van der Waals surface area (Å²) in [4.78, 5) is 0. The van der Waals surface area contributed by atoms with Gasteiger partial charge < -0.3 is 5.11 Å². The molecule has 0 amide bonds. The highest BCUT2D eigenvalue weighted by molar-refractivity contribution is 5.27. The fourth-order valence-electron chi connectivity index (χ4n) is 1.78. The van der Waals surface area contributed by atoms with E-state index in [0.717, 1.165) is 6.42 Å². The Morgan fingerprint density at radius 3 is 2.54 bits per heavy atom. The molecule has 0 bridgehead atoms. The van der Waals surface area contributed by atoms with Crippen LogP contribution in [-0.4, -0.2) is 11.7 Å². The summed E-state index contributed by atoms with van der Waals surface area (Å²) in [5.41, 5.74) is 2.99. The molecular weight excluding hydrogens is 160 g/mol. The van der Waals surface area contributed by atoms with Crippen LogP contribution >= 0.6 is 0 Å². The molecule has 1 saturated carbocycles. The first-order valence-electron chi connectivity index (χ1n) is 4.91. The van der Waals surface area contributed by atoms with Crippen LogP contribution in [0.15, 0.2) is 24.3 Å². The van der Waals surface area contributed by atoms with E-state index in [-0.39, 0.29) is 5.41 Å². The zero-order chi connectivity index (χ0) is 9.31. The Bertz CT molecular complexity index is 300. The van der Waals surface area contributed by atoms with Crippen molar-refractivity contribution < 1.29 is 5.11 Å². The Labute approximate surface area is 79.4 Å². The average molecular weight is 176 g/mol. The third-order valence-corrected chi connectivity index (χ3v) is 3.12. The first kappa shape index (κ1) is 8.76.